The maximum atomic E-state index is 5.44. The molecular weight excluding hydrogens is 340 g/mol. The van der Waals surface area contributed by atoms with Gasteiger partial charge in [-0.05, 0) is 31.5 Å². The number of rotatable bonds is 7. The van der Waals surface area contributed by atoms with Crippen molar-refractivity contribution in [1.82, 2.24) is 9.97 Å². The average molecular weight is 364 g/mol. The van der Waals surface area contributed by atoms with E-state index in [1.807, 2.05) is 49.4 Å². The van der Waals surface area contributed by atoms with E-state index in [2.05, 4.69) is 39.7 Å². The lowest BCUT2D eigenvalue weighted by Crippen LogP contribution is -2.09. The van der Waals surface area contributed by atoms with Crippen LogP contribution in [-0.2, 0) is 0 Å². The van der Waals surface area contributed by atoms with E-state index in [1.54, 1.807) is 14.2 Å². The molecule has 0 bridgehead atoms. The number of aryl methyl sites for hydroxylation is 1. The van der Waals surface area contributed by atoms with E-state index in [0.717, 1.165) is 17.3 Å². The average Bonchev–Trinajstić information content (AvgIpc) is 2.68. The summed E-state index contributed by atoms with van der Waals surface area (Å²) in [7, 11) is 3.25. The number of benzene rings is 2. The molecule has 1 heterocycles. The molecule has 1 atom stereocenters. The van der Waals surface area contributed by atoms with Gasteiger partial charge in [-0.1, -0.05) is 30.3 Å². The first kappa shape index (κ1) is 18.5. The smallest absolute Gasteiger partial charge is 0.146 e. The van der Waals surface area contributed by atoms with Gasteiger partial charge >= 0.3 is 0 Å². The first-order chi connectivity index (χ1) is 13.1. The highest BCUT2D eigenvalue weighted by atomic mass is 16.5. The molecule has 1 unspecified atom stereocenters. The summed E-state index contributed by atoms with van der Waals surface area (Å²) >= 11 is 0. The number of nitrogens with zero attached hydrogens (tertiary/aromatic N) is 2. The van der Waals surface area contributed by atoms with Gasteiger partial charge in [0, 0.05) is 18.2 Å². The summed E-state index contributed by atoms with van der Waals surface area (Å²) in [5.74, 6) is 3.53. The van der Waals surface area contributed by atoms with Crippen molar-refractivity contribution in [2.45, 2.75) is 19.9 Å². The normalized spacial score (nSPS) is 11.6. The molecular formula is C21H24N4O2. The van der Waals surface area contributed by atoms with Gasteiger partial charge in [0.25, 0.3) is 0 Å². The highest BCUT2D eigenvalue weighted by molar-refractivity contribution is 5.67. The summed E-state index contributed by atoms with van der Waals surface area (Å²) in [6.07, 6.45) is 0. The van der Waals surface area contributed by atoms with Crippen LogP contribution in [0.25, 0.3) is 0 Å². The van der Waals surface area contributed by atoms with Gasteiger partial charge in [0.2, 0.25) is 0 Å². The second-order valence-corrected chi connectivity index (χ2v) is 6.15. The Morgan fingerprint density at radius 3 is 2.33 bits per heavy atom. The van der Waals surface area contributed by atoms with Crippen molar-refractivity contribution < 1.29 is 9.47 Å². The molecule has 6 nitrogen and oxygen atoms in total. The van der Waals surface area contributed by atoms with Crippen LogP contribution in [0.1, 0.15) is 24.4 Å². The zero-order valence-electron chi connectivity index (χ0n) is 16.0. The Hall–Kier alpha value is -3.28. The molecule has 140 valence electrons. The second-order valence-electron chi connectivity index (χ2n) is 6.15. The Kier molecular flexibility index (Phi) is 5.76. The van der Waals surface area contributed by atoms with Crippen molar-refractivity contribution >= 4 is 17.3 Å². The van der Waals surface area contributed by atoms with Crippen LogP contribution in [0.15, 0.2) is 54.6 Å². The lowest BCUT2D eigenvalue weighted by molar-refractivity contribution is 0.395. The van der Waals surface area contributed by atoms with Gasteiger partial charge in [-0.15, -0.1) is 0 Å². The Balaban J connectivity index is 1.81. The van der Waals surface area contributed by atoms with E-state index in [-0.39, 0.29) is 6.04 Å². The van der Waals surface area contributed by atoms with Crippen LogP contribution in [0.2, 0.25) is 0 Å². The summed E-state index contributed by atoms with van der Waals surface area (Å²) in [5, 5.41) is 6.73. The molecule has 3 aromatic rings. The molecule has 0 saturated carbocycles. The molecule has 0 spiro atoms. The van der Waals surface area contributed by atoms with Gasteiger partial charge < -0.3 is 20.1 Å². The molecule has 27 heavy (non-hydrogen) atoms. The van der Waals surface area contributed by atoms with Crippen LogP contribution in [0.5, 0.6) is 11.5 Å². The van der Waals surface area contributed by atoms with Gasteiger partial charge in [0.1, 0.15) is 29.0 Å². The number of aromatic nitrogens is 2. The van der Waals surface area contributed by atoms with E-state index < -0.39 is 0 Å². The van der Waals surface area contributed by atoms with E-state index in [4.69, 9.17) is 9.47 Å². The van der Waals surface area contributed by atoms with Gasteiger partial charge in [0.05, 0.1) is 19.9 Å². The van der Waals surface area contributed by atoms with Crippen LogP contribution in [0.4, 0.5) is 17.3 Å². The first-order valence-electron chi connectivity index (χ1n) is 8.75. The topological polar surface area (TPSA) is 68.3 Å². The zero-order valence-corrected chi connectivity index (χ0v) is 16.0. The van der Waals surface area contributed by atoms with E-state index >= 15 is 0 Å². The third-order valence-corrected chi connectivity index (χ3v) is 4.17. The fourth-order valence-electron chi connectivity index (χ4n) is 2.79. The van der Waals surface area contributed by atoms with Crippen LogP contribution in [0.3, 0.4) is 0 Å². The molecule has 0 aliphatic rings. The number of ether oxygens (including phenoxy) is 2. The first-order valence-corrected chi connectivity index (χ1v) is 8.75. The summed E-state index contributed by atoms with van der Waals surface area (Å²) in [6, 6.07) is 17.9. The SMILES string of the molecule is COc1ccc(Nc2cc(NC(C)c3ccccc3)nc(C)n2)c(OC)c1. The molecule has 3 rings (SSSR count). The molecule has 1 aromatic heterocycles. The molecule has 0 saturated heterocycles. The highest BCUT2D eigenvalue weighted by Crippen LogP contribution is 2.31. The van der Waals surface area contributed by atoms with Crippen molar-refractivity contribution in [3.05, 3.63) is 66.0 Å². The zero-order chi connectivity index (χ0) is 19.2. The third-order valence-electron chi connectivity index (χ3n) is 4.17. The Labute approximate surface area is 159 Å². The number of methoxy groups -OCH3 is 2. The molecule has 0 fully saturated rings. The highest BCUT2D eigenvalue weighted by Gasteiger charge is 2.10. The molecule has 0 aliphatic heterocycles. The lowest BCUT2D eigenvalue weighted by atomic mass is 10.1. The monoisotopic (exact) mass is 364 g/mol. The van der Waals surface area contributed by atoms with Crippen molar-refractivity contribution in [3.63, 3.8) is 0 Å². The summed E-state index contributed by atoms with van der Waals surface area (Å²) in [4.78, 5) is 8.98. The molecule has 2 N–H and O–H groups in total. The van der Waals surface area contributed by atoms with Crippen LogP contribution in [0, 0.1) is 6.92 Å². The maximum absolute atomic E-state index is 5.44. The lowest BCUT2D eigenvalue weighted by Gasteiger charge is -2.17. The summed E-state index contributed by atoms with van der Waals surface area (Å²) < 4.78 is 10.7. The van der Waals surface area contributed by atoms with E-state index in [1.165, 1.54) is 5.56 Å². The molecule has 0 radical (unpaired) electrons. The van der Waals surface area contributed by atoms with Crippen molar-refractivity contribution in [2.24, 2.45) is 0 Å². The molecule has 0 amide bonds. The molecule has 2 aromatic carbocycles. The maximum Gasteiger partial charge on any atom is 0.146 e. The molecule has 0 aliphatic carbocycles. The number of hydrogen-bond acceptors (Lipinski definition) is 6. The minimum absolute atomic E-state index is 0.129. The minimum Gasteiger partial charge on any atom is -0.497 e. The Bertz CT molecular complexity index is 900. The van der Waals surface area contributed by atoms with Crippen molar-refractivity contribution in [3.8, 4) is 11.5 Å². The standard InChI is InChI=1S/C21H24N4O2/c1-14(16-8-6-5-7-9-16)22-20-13-21(24-15(2)23-20)25-18-11-10-17(26-3)12-19(18)27-4/h5-14H,1-4H3,(H2,22,23,24,25). The summed E-state index contributed by atoms with van der Waals surface area (Å²) in [6.45, 7) is 3.97. The Morgan fingerprint density at radius 1 is 0.889 bits per heavy atom. The van der Waals surface area contributed by atoms with Crippen LogP contribution < -0.4 is 20.1 Å². The van der Waals surface area contributed by atoms with Gasteiger partial charge in [-0.3, -0.25) is 0 Å². The van der Waals surface area contributed by atoms with E-state index in [0.29, 0.717) is 17.4 Å². The van der Waals surface area contributed by atoms with Gasteiger partial charge in [-0.2, -0.15) is 0 Å². The fraction of sp³-hybridized carbons (Fsp3) is 0.238. The summed E-state index contributed by atoms with van der Waals surface area (Å²) in [5.41, 5.74) is 2.00. The third kappa shape index (κ3) is 4.67. The minimum atomic E-state index is 0.129. The van der Waals surface area contributed by atoms with Crippen molar-refractivity contribution in [2.75, 3.05) is 24.9 Å². The number of nitrogens with one attached hydrogen (secondary N) is 2. The second kappa shape index (κ2) is 8.40. The quantitative estimate of drug-likeness (QED) is 0.632. The predicted octanol–water partition coefficient (Wildman–Crippen LogP) is 4.72. The number of anilines is 3. The largest absolute Gasteiger partial charge is 0.497 e. The number of hydrogen-bond donors (Lipinski definition) is 2. The molecule has 6 heteroatoms. The van der Waals surface area contributed by atoms with Crippen molar-refractivity contribution in [1.29, 1.82) is 0 Å². The predicted molar refractivity (Wildman–Crippen MR) is 108 cm³/mol. The van der Waals surface area contributed by atoms with Gasteiger partial charge in [-0.25, -0.2) is 9.97 Å². The fourth-order valence-corrected chi connectivity index (χ4v) is 2.79. The Morgan fingerprint density at radius 2 is 1.63 bits per heavy atom. The van der Waals surface area contributed by atoms with Gasteiger partial charge in [0.15, 0.2) is 0 Å². The van der Waals surface area contributed by atoms with Crippen LogP contribution in [-0.4, -0.2) is 24.2 Å². The van der Waals surface area contributed by atoms with E-state index in [9.17, 15) is 0 Å². The van der Waals surface area contributed by atoms with Crippen LogP contribution >= 0.6 is 0 Å².